The van der Waals surface area contributed by atoms with Crippen molar-refractivity contribution in [1.29, 1.82) is 0 Å². The molecule has 1 nitrogen and oxygen atoms in total. The number of halogens is 1. The predicted octanol–water partition coefficient (Wildman–Crippen LogP) is 2.59. The summed E-state index contributed by atoms with van der Waals surface area (Å²) in [7, 11) is 1.65. The Morgan fingerprint density at radius 3 is 2.85 bits per heavy atom. The van der Waals surface area contributed by atoms with Crippen molar-refractivity contribution >= 4 is 11.6 Å². The molecule has 1 rings (SSSR count). The van der Waals surface area contributed by atoms with Gasteiger partial charge in [0.2, 0.25) is 0 Å². The van der Waals surface area contributed by atoms with Gasteiger partial charge in [0.1, 0.15) is 5.75 Å². The number of hydrogen-bond acceptors (Lipinski definition) is 1. The molecule has 0 spiro atoms. The maximum atomic E-state index is 5.45. The van der Waals surface area contributed by atoms with Gasteiger partial charge in [0, 0.05) is 5.56 Å². The van der Waals surface area contributed by atoms with Gasteiger partial charge >= 0.3 is 0 Å². The molecule has 1 aromatic rings. The van der Waals surface area contributed by atoms with Crippen molar-refractivity contribution in [3.8, 4) is 17.6 Å². The minimum absolute atomic E-state index is 0.357. The summed E-state index contributed by atoms with van der Waals surface area (Å²) in [4.78, 5) is 0. The summed E-state index contributed by atoms with van der Waals surface area (Å²) in [6.45, 7) is 2.00. The van der Waals surface area contributed by atoms with Crippen LogP contribution in [0.25, 0.3) is 0 Å². The van der Waals surface area contributed by atoms with Gasteiger partial charge in [-0.1, -0.05) is 17.9 Å². The van der Waals surface area contributed by atoms with Crippen LogP contribution in [0.15, 0.2) is 18.2 Å². The largest absolute Gasteiger partial charge is 0.496 e. The van der Waals surface area contributed by atoms with Crippen molar-refractivity contribution in [2.24, 2.45) is 0 Å². The van der Waals surface area contributed by atoms with E-state index in [0.29, 0.717) is 5.88 Å². The lowest BCUT2D eigenvalue weighted by Crippen LogP contribution is -1.87. The molecule has 2 heteroatoms. The second-order valence-corrected chi connectivity index (χ2v) is 2.89. The summed E-state index contributed by atoms with van der Waals surface area (Å²) < 4.78 is 5.16. The van der Waals surface area contributed by atoms with E-state index in [2.05, 4.69) is 11.8 Å². The maximum Gasteiger partial charge on any atom is 0.123 e. The van der Waals surface area contributed by atoms with Gasteiger partial charge in [0.15, 0.2) is 0 Å². The molecule has 0 aliphatic carbocycles. The third kappa shape index (κ3) is 2.68. The lowest BCUT2D eigenvalue weighted by molar-refractivity contribution is 0.411. The lowest BCUT2D eigenvalue weighted by Gasteiger charge is -2.03. The van der Waals surface area contributed by atoms with Gasteiger partial charge in [-0.25, -0.2) is 0 Å². The van der Waals surface area contributed by atoms with Crippen LogP contribution in [0.2, 0.25) is 0 Å². The fraction of sp³-hybridized carbons (Fsp3) is 0.273. The van der Waals surface area contributed by atoms with Crippen molar-refractivity contribution in [1.82, 2.24) is 0 Å². The Kier molecular flexibility index (Phi) is 3.67. The third-order valence-electron chi connectivity index (χ3n) is 1.71. The van der Waals surface area contributed by atoms with Gasteiger partial charge in [0.25, 0.3) is 0 Å². The van der Waals surface area contributed by atoms with Crippen LogP contribution in [-0.4, -0.2) is 13.0 Å². The number of alkyl halides is 1. The summed E-state index contributed by atoms with van der Waals surface area (Å²) in [5, 5.41) is 0. The van der Waals surface area contributed by atoms with E-state index in [1.165, 1.54) is 0 Å². The van der Waals surface area contributed by atoms with E-state index in [0.717, 1.165) is 16.9 Å². The molecule has 0 aliphatic heterocycles. The molecule has 0 saturated carbocycles. The van der Waals surface area contributed by atoms with E-state index in [1.54, 1.807) is 7.11 Å². The minimum Gasteiger partial charge on any atom is -0.496 e. The highest BCUT2D eigenvalue weighted by Crippen LogP contribution is 2.18. The molecule has 0 N–H and O–H groups in total. The molecule has 1 aromatic carbocycles. The molecule has 0 fully saturated rings. The van der Waals surface area contributed by atoms with Crippen molar-refractivity contribution < 1.29 is 4.74 Å². The van der Waals surface area contributed by atoms with Gasteiger partial charge in [-0.3, -0.25) is 0 Å². The Hall–Kier alpha value is -1.13. The average Bonchev–Trinajstić information content (AvgIpc) is 2.16. The molecular formula is C11H11ClO. The van der Waals surface area contributed by atoms with Gasteiger partial charge in [0.05, 0.1) is 13.0 Å². The Labute approximate surface area is 83.7 Å². The van der Waals surface area contributed by atoms with Crippen LogP contribution in [0.3, 0.4) is 0 Å². The predicted molar refractivity (Wildman–Crippen MR) is 55.3 cm³/mol. The van der Waals surface area contributed by atoms with Crippen molar-refractivity contribution in [3.63, 3.8) is 0 Å². The zero-order valence-electron chi connectivity index (χ0n) is 7.73. The van der Waals surface area contributed by atoms with Crippen LogP contribution in [-0.2, 0) is 0 Å². The quantitative estimate of drug-likeness (QED) is 0.493. The summed E-state index contributed by atoms with van der Waals surface area (Å²) in [5.74, 6) is 6.95. The monoisotopic (exact) mass is 194 g/mol. The first-order valence-electron chi connectivity index (χ1n) is 3.97. The van der Waals surface area contributed by atoms with Crippen molar-refractivity contribution in [2.45, 2.75) is 6.92 Å². The fourth-order valence-corrected chi connectivity index (χ4v) is 1.10. The summed E-state index contributed by atoms with van der Waals surface area (Å²) in [6, 6.07) is 5.85. The van der Waals surface area contributed by atoms with Crippen LogP contribution < -0.4 is 4.74 Å². The molecule has 0 radical (unpaired) electrons. The lowest BCUT2D eigenvalue weighted by atomic mass is 10.1. The van der Waals surface area contributed by atoms with E-state index < -0.39 is 0 Å². The second-order valence-electron chi connectivity index (χ2n) is 2.62. The van der Waals surface area contributed by atoms with Crippen LogP contribution in [0.1, 0.15) is 11.1 Å². The summed E-state index contributed by atoms with van der Waals surface area (Å²) >= 11 is 5.45. The molecule has 68 valence electrons. The molecular weight excluding hydrogens is 184 g/mol. The Bertz CT molecular complexity index is 347. The first-order valence-corrected chi connectivity index (χ1v) is 4.51. The molecule has 0 unspecified atom stereocenters. The highest BCUT2D eigenvalue weighted by Gasteiger charge is 1.97. The smallest absolute Gasteiger partial charge is 0.123 e. The van der Waals surface area contributed by atoms with Crippen LogP contribution in [0.4, 0.5) is 0 Å². The van der Waals surface area contributed by atoms with Gasteiger partial charge in [-0.2, -0.15) is 0 Å². The van der Waals surface area contributed by atoms with Crippen LogP contribution in [0, 0.1) is 18.8 Å². The Morgan fingerprint density at radius 1 is 1.46 bits per heavy atom. The third-order valence-corrected chi connectivity index (χ3v) is 1.84. The molecule has 0 bridgehead atoms. The maximum absolute atomic E-state index is 5.45. The SMILES string of the molecule is COc1cc(C#CCCl)ccc1C. The number of benzene rings is 1. The number of aryl methyl sites for hydroxylation is 1. The molecule has 0 amide bonds. The molecule has 0 saturated heterocycles. The zero-order valence-corrected chi connectivity index (χ0v) is 8.48. The standard InChI is InChI=1S/C11H11ClO/c1-9-5-6-10(4-3-7-12)8-11(9)13-2/h5-6,8H,7H2,1-2H3. The van der Waals surface area contributed by atoms with Crippen LogP contribution in [0.5, 0.6) is 5.75 Å². The number of methoxy groups -OCH3 is 1. The molecule has 0 atom stereocenters. The van der Waals surface area contributed by atoms with E-state index in [-0.39, 0.29) is 0 Å². The Balaban J connectivity index is 2.99. The first kappa shape index (κ1) is 9.95. The molecule has 0 aliphatic rings. The average molecular weight is 195 g/mol. The fourth-order valence-electron chi connectivity index (χ4n) is 1.03. The number of rotatable bonds is 1. The van der Waals surface area contributed by atoms with E-state index in [9.17, 15) is 0 Å². The van der Waals surface area contributed by atoms with Crippen molar-refractivity contribution in [3.05, 3.63) is 29.3 Å². The molecule has 0 aromatic heterocycles. The normalized spacial score (nSPS) is 8.85. The number of ether oxygens (including phenoxy) is 1. The van der Waals surface area contributed by atoms with Gasteiger partial charge in [-0.15, -0.1) is 11.6 Å². The molecule has 13 heavy (non-hydrogen) atoms. The summed E-state index contributed by atoms with van der Waals surface area (Å²) in [5.41, 5.74) is 2.04. The van der Waals surface area contributed by atoms with Gasteiger partial charge < -0.3 is 4.74 Å². The molecule has 0 heterocycles. The van der Waals surface area contributed by atoms with Crippen LogP contribution >= 0.6 is 11.6 Å². The second kappa shape index (κ2) is 4.79. The number of hydrogen-bond donors (Lipinski definition) is 0. The van der Waals surface area contributed by atoms with E-state index in [1.807, 2.05) is 25.1 Å². The Morgan fingerprint density at radius 2 is 2.23 bits per heavy atom. The topological polar surface area (TPSA) is 9.23 Å². The highest BCUT2D eigenvalue weighted by atomic mass is 35.5. The van der Waals surface area contributed by atoms with E-state index >= 15 is 0 Å². The van der Waals surface area contributed by atoms with Crippen molar-refractivity contribution in [2.75, 3.05) is 13.0 Å². The summed E-state index contributed by atoms with van der Waals surface area (Å²) in [6.07, 6.45) is 0. The van der Waals surface area contributed by atoms with E-state index in [4.69, 9.17) is 16.3 Å². The van der Waals surface area contributed by atoms with Gasteiger partial charge in [-0.05, 0) is 24.6 Å². The highest BCUT2D eigenvalue weighted by molar-refractivity contribution is 6.19. The minimum atomic E-state index is 0.357. The zero-order chi connectivity index (χ0) is 9.68. The first-order chi connectivity index (χ1) is 6.27.